The molecule has 1 aromatic rings. The smallest absolute Gasteiger partial charge is 0.160 e. The monoisotopic (exact) mass is 376 g/mol. The van der Waals surface area contributed by atoms with Gasteiger partial charge < -0.3 is 19.0 Å². The number of allylic oxidation sites excluding steroid dienone is 1. The van der Waals surface area contributed by atoms with Gasteiger partial charge in [-0.15, -0.1) is 0 Å². The van der Waals surface area contributed by atoms with Gasteiger partial charge in [-0.05, 0) is 37.8 Å². The Labute approximate surface area is 158 Å². The molecule has 0 aromatic heterocycles. The fourth-order valence-electron chi connectivity index (χ4n) is 2.97. The third-order valence-electron chi connectivity index (χ3n) is 4.61. The number of ether oxygens (including phenoxy) is 3. The maximum absolute atomic E-state index is 14.0. The topological polar surface area (TPSA) is 69.5 Å². The van der Waals surface area contributed by atoms with E-state index in [0.717, 1.165) is 6.29 Å². The second kappa shape index (κ2) is 9.41. The predicted molar refractivity (Wildman–Crippen MR) is 102 cm³/mol. The van der Waals surface area contributed by atoms with Crippen molar-refractivity contribution in [2.45, 2.75) is 18.8 Å². The van der Waals surface area contributed by atoms with Gasteiger partial charge in [0.1, 0.15) is 23.5 Å². The highest BCUT2D eigenvalue weighted by molar-refractivity contribution is 5.77. The van der Waals surface area contributed by atoms with Gasteiger partial charge in [-0.1, -0.05) is 0 Å². The normalized spacial score (nSPS) is 22.3. The fraction of sp³-hybridized carbons (Fsp3) is 0.450. The first-order valence-corrected chi connectivity index (χ1v) is 8.66. The molecule has 1 aliphatic carbocycles. The van der Waals surface area contributed by atoms with Gasteiger partial charge in [-0.2, -0.15) is 0 Å². The van der Waals surface area contributed by atoms with Gasteiger partial charge in [0, 0.05) is 31.1 Å². The molecule has 1 aromatic carbocycles. The van der Waals surface area contributed by atoms with Crippen molar-refractivity contribution in [3.05, 3.63) is 41.0 Å². The number of halogens is 1. The van der Waals surface area contributed by atoms with Crippen LogP contribution in [0.15, 0.2) is 39.6 Å². The number of carbonyl (C=O) groups is 1. The molecule has 1 saturated carbocycles. The molecule has 1 unspecified atom stereocenters. The van der Waals surface area contributed by atoms with Crippen LogP contribution in [0.2, 0.25) is 0 Å². The number of aliphatic imine (C=N–C) groups is 2. The number of aldehydes is 1. The lowest BCUT2D eigenvalue weighted by molar-refractivity contribution is -0.109. The van der Waals surface area contributed by atoms with Gasteiger partial charge in [-0.25, -0.2) is 4.39 Å². The molecule has 27 heavy (non-hydrogen) atoms. The van der Waals surface area contributed by atoms with Crippen LogP contribution in [0.25, 0.3) is 0 Å². The molecule has 0 saturated heterocycles. The first-order chi connectivity index (χ1) is 13.0. The molecule has 7 heteroatoms. The number of nitrogens with zero attached hydrogens (tertiary/aromatic N) is 2. The van der Waals surface area contributed by atoms with Crippen LogP contribution in [0.3, 0.4) is 0 Å². The Balaban J connectivity index is 2.32. The quantitative estimate of drug-likeness (QED) is 0.338. The van der Waals surface area contributed by atoms with E-state index in [0.29, 0.717) is 35.7 Å². The molecule has 0 bridgehead atoms. The summed E-state index contributed by atoms with van der Waals surface area (Å²) >= 11 is 0. The van der Waals surface area contributed by atoms with Crippen LogP contribution in [-0.2, 0) is 19.7 Å². The average molecular weight is 376 g/mol. The van der Waals surface area contributed by atoms with Gasteiger partial charge in [0.25, 0.3) is 0 Å². The Morgan fingerprint density at radius 2 is 2.19 bits per heavy atom. The largest absolute Gasteiger partial charge is 0.497 e. The van der Waals surface area contributed by atoms with Crippen molar-refractivity contribution in [1.29, 1.82) is 0 Å². The van der Waals surface area contributed by atoms with Crippen molar-refractivity contribution in [2.24, 2.45) is 15.9 Å². The zero-order valence-corrected chi connectivity index (χ0v) is 15.9. The molecular weight excluding hydrogens is 351 g/mol. The summed E-state index contributed by atoms with van der Waals surface area (Å²) in [5, 5.41) is 0. The minimum absolute atomic E-state index is 0.177. The summed E-state index contributed by atoms with van der Waals surface area (Å²) in [6.07, 6.45) is 3.02. The van der Waals surface area contributed by atoms with Crippen molar-refractivity contribution in [3.8, 4) is 5.75 Å². The Morgan fingerprint density at radius 3 is 2.74 bits per heavy atom. The average Bonchev–Trinajstić information content (AvgIpc) is 3.41. The summed E-state index contributed by atoms with van der Waals surface area (Å²) in [5.41, 5.74) is 0.565. The van der Waals surface area contributed by atoms with E-state index in [1.807, 2.05) is 6.92 Å². The molecule has 1 aliphatic rings. The summed E-state index contributed by atoms with van der Waals surface area (Å²) < 4.78 is 30.2. The molecule has 2 atom stereocenters. The van der Waals surface area contributed by atoms with E-state index >= 15 is 0 Å². The van der Waals surface area contributed by atoms with Crippen molar-refractivity contribution in [3.63, 3.8) is 0 Å². The molecule has 0 heterocycles. The van der Waals surface area contributed by atoms with Crippen LogP contribution in [0.5, 0.6) is 5.75 Å². The molecule has 0 amide bonds. The lowest BCUT2D eigenvalue weighted by Crippen LogP contribution is -2.20. The van der Waals surface area contributed by atoms with E-state index in [1.165, 1.54) is 19.2 Å². The lowest BCUT2D eigenvalue weighted by Gasteiger charge is -2.20. The molecular formula is C20H25FN2O4. The Morgan fingerprint density at radius 1 is 1.41 bits per heavy atom. The number of rotatable bonds is 11. The number of carbonyl (C=O) groups excluding carboxylic acids is 1. The number of benzene rings is 1. The third kappa shape index (κ3) is 4.80. The second-order valence-electron chi connectivity index (χ2n) is 6.30. The number of methoxy groups -OCH3 is 2. The minimum atomic E-state index is -0.609. The highest BCUT2D eigenvalue weighted by atomic mass is 19.1. The SMILES string of the molecule is C=N/C(COC)=C(\C=NCC)OC[C@@]1(c2cc(F)cc(OC)c2)CC1C=O. The van der Waals surface area contributed by atoms with Gasteiger partial charge in [0.15, 0.2) is 5.76 Å². The van der Waals surface area contributed by atoms with Crippen LogP contribution in [-0.4, -0.2) is 53.2 Å². The van der Waals surface area contributed by atoms with Crippen LogP contribution in [0.1, 0.15) is 18.9 Å². The highest BCUT2D eigenvalue weighted by Gasteiger charge is 2.56. The Hall–Kier alpha value is -2.54. The van der Waals surface area contributed by atoms with Crippen LogP contribution < -0.4 is 4.74 Å². The van der Waals surface area contributed by atoms with Crippen molar-refractivity contribution in [1.82, 2.24) is 0 Å². The van der Waals surface area contributed by atoms with E-state index in [9.17, 15) is 9.18 Å². The standard InChI is InChI=1S/C20H25FN2O4/c1-5-23-10-19(18(22-2)12-25-3)27-13-20(9-15(20)11-24)14-6-16(21)8-17(7-14)26-4/h6-8,10-11,15H,2,5,9,12-13H2,1,3-4H3/b19-18+,23-10?/t15?,20-/m1/s1. The zero-order valence-electron chi connectivity index (χ0n) is 15.9. The zero-order chi connectivity index (χ0) is 19.9. The van der Waals surface area contributed by atoms with Crippen LogP contribution >= 0.6 is 0 Å². The van der Waals surface area contributed by atoms with Crippen molar-refractivity contribution >= 4 is 19.2 Å². The van der Waals surface area contributed by atoms with Crippen LogP contribution in [0, 0.1) is 11.7 Å². The summed E-state index contributed by atoms with van der Waals surface area (Å²) in [6, 6.07) is 4.45. The Kier molecular flexibility index (Phi) is 7.24. The molecule has 6 nitrogen and oxygen atoms in total. The van der Waals surface area contributed by atoms with Gasteiger partial charge >= 0.3 is 0 Å². The summed E-state index contributed by atoms with van der Waals surface area (Å²) in [4.78, 5) is 19.6. The third-order valence-corrected chi connectivity index (χ3v) is 4.61. The molecule has 0 N–H and O–H groups in total. The van der Waals surface area contributed by atoms with E-state index in [-0.39, 0.29) is 19.1 Å². The van der Waals surface area contributed by atoms with E-state index < -0.39 is 11.2 Å². The van der Waals surface area contributed by atoms with Crippen molar-refractivity contribution in [2.75, 3.05) is 34.0 Å². The number of hydrogen-bond donors (Lipinski definition) is 0. The maximum atomic E-state index is 14.0. The molecule has 146 valence electrons. The summed E-state index contributed by atoms with van der Waals surface area (Å²) in [7, 11) is 3.02. The fourth-order valence-corrected chi connectivity index (χ4v) is 2.97. The maximum Gasteiger partial charge on any atom is 0.160 e. The van der Waals surface area contributed by atoms with Gasteiger partial charge in [-0.3, -0.25) is 9.98 Å². The molecule has 1 fully saturated rings. The Bertz CT molecular complexity index is 747. The first-order valence-electron chi connectivity index (χ1n) is 8.66. The molecule has 0 aliphatic heterocycles. The predicted octanol–water partition coefficient (Wildman–Crippen LogP) is 2.96. The van der Waals surface area contributed by atoms with Crippen LogP contribution in [0.4, 0.5) is 4.39 Å². The second-order valence-corrected chi connectivity index (χ2v) is 6.30. The lowest BCUT2D eigenvalue weighted by atomic mass is 9.94. The van der Waals surface area contributed by atoms with Gasteiger partial charge in [0.05, 0.1) is 26.5 Å². The van der Waals surface area contributed by atoms with Gasteiger partial charge in [0.2, 0.25) is 0 Å². The molecule has 2 rings (SSSR count). The highest BCUT2D eigenvalue weighted by Crippen LogP contribution is 2.54. The summed E-state index contributed by atoms with van der Waals surface area (Å²) in [6.45, 7) is 6.41. The molecule has 0 spiro atoms. The van der Waals surface area contributed by atoms with E-state index in [1.54, 1.807) is 19.4 Å². The van der Waals surface area contributed by atoms with E-state index in [2.05, 4.69) is 16.7 Å². The minimum Gasteiger partial charge on any atom is -0.497 e. The summed E-state index contributed by atoms with van der Waals surface area (Å²) in [5.74, 6) is 0.150. The molecule has 0 radical (unpaired) electrons. The number of hydrogen-bond acceptors (Lipinski definition) is 6. The van der Waals surface area contributed by atoms with E-state index in [4.69, 9.17) is 14.2 Å². The first kappa shape index (κ1) is 20.8. The van der Waals surface area contributed by atoms with Crippen molar-refractivity contribution < 1.29 is 23.4 Å².